The summed E-state index contributed by atoms with van der Waals surface area (Å²) >= 11 is 0. The molecule has 0 spiro atoms. The van der Waals surface area contributed by atoms with E-state index >= 15 is 0 Å². The maximum atomic E-state index is 12.2. The van der Waals surface area contributed by atoms with Crippen LogP contribution >= 0.6 is 0 Å². The number of methoxy groups -OCH3 is 2. The summed E-state index contributed by atoms with van der Waals surface area (Å²) in [6, 6.07) is 6.86. The van der Waals surface area contributed by atoms with E-state index in [9.17, 15) is 4.79 Å². The second-order valence-electron chi connectivity index (χ2n) is 4.03. The zero-order valence-electron chi connectivity index (χ0n) is 11.8. The summed E-state index contributed by atoms with van der Waals surface area (Å²) in [6.45, 7) is 4.21. The van der Waals surface area contributed by atoms with Gasteiger partial charge in [-0.15, -0.1) is 0 Å². The Morgan fingerprint density at radius 1 is 1.26 bits per heavy atom. The lowest BCUT2D eigenvalue weighted by Crippen LogP contribution is -2.43. The number of benzene rings is 1. The summed E-state index contributed by atoms with van der Waals surface area (Å²) in [6.07, 6.45) is -0.483. The van der Waals surface area contributed by atoms with Crippen LogP contribution in [0.3, 0.4) is 0 Å². The third-order valence-corrected chi connectivity index (χ3v) is 2.66. The second-order valence-corrected chi connectivity index (χ2v) is 4.03. The molecule has 0 heterocycles. The molecule has 0 fully saturated rings. The SMILES string of the molecule is CCOc1ccccc1C(=O)NC(C)C(OC)OC. The van der Waals surface area contributed by atoms with Gasteiger partial charge in [-0.05, 0) is 26.0 Å². The van der Waals surface area contributed by atoms with Gasteiger partial charge in [-0.2, -0.15) is 0 Å². The van der Waals surface area contributed by atoms with Gasteiger partial charge in [0.15, 0.2) is 6.29 Å². The molecular weight excluding hydrogens is 246 g/mol. The average Bonchev–Trinajstić information content (AvgIpc) is 2.41. The Hall–Kier alpha value is -1.59. The molecule has 0 bridgehead atoms. The summed E-state index contributed by atoms with van der Waals surface area (Å²) in [5, 5.41) is 2.83. The van der Waals surface area contributed by atoms with Crippen molar-refractivity contribution in [3.05, 3.63) is 29.8 Å². The number of hydrogen-bond donors (Lipinski definition) is 1. The highest BCUT2D eigenvalue weighted by Crippen LogP contribution is 2.18. The smallest absolute Gasteiger partial charge is 0.255 e. The first-order valence-electron chi connectivity index (χ1n) is 6.22. The summed E-state index contributed by atoms with van der Waals surface area (Å²) in [4.78, 5) is 12.2. The monoisotopic (exact) mass is 267 g/mol. The maximum absolute atomic E-state index is 12.2. The van der Waals surface area contributed by atoms with Crippen molar-refractivity contribution in [1.29, 1.82) is 0 Å². The molecule has 106 valence electrons. The third kappa shape index (κ3) is 4.22. The predicted molar refractivity (Wildman–Crippen MR) is 72.3 cm³/mol. The molecule has 0 aliphatic rings. The molecule has 1 unspecified atom stereocenters. The summed E-state index contributed by atoms with van der Waals surface area (Å²) < 4.78 is 15.6. The number of nitrogens with one attached hydrogen (secondary N) is 1. The third-order valence-electron chi connectivity index (χ3n) is 2.66. The minimum atomic E-state index is -0.483. The van der Waals surface area contributed by atoms with Crippen molar-refractivity contribution in [2.45, 2.75) is 26.2 Å². The average molecular weight is 267 g/mol. The van der Waals surface area contributed by atoms with Crippen LogP contribution in [0.5, 0.6) is 5.75 Å². The van der Waals surface area contributed by atoms with E-state index in [0.717, 1.165) is 0 Å². The minimum Gasteiger partial charge on any atom is -0.493 e. The van der Waals surface area contributed by atoms with Gasteiger partial charge in [-0.3, -0.25) is 4.79 Å². The Morgan fingerprint density at radius 3 is 2.47 bits per heavy atom. The molecule has 0 saturated heterocycles. The van der Waals surface area contributed by atoms with Crippen molar-refractivity contribution < 1.29 is 19.0 Å². The molecule has 0 aliphatic heterocycles. The number of carbonyl (C=O) groups excluding carboxylic acids is 1. The number of rotatable bonds is 7. The lowest BCUT2D eigenvalue weighted by molar-refractivity contribution is -0.117. The standard InChI is InChI=1S/C14H21NO4/c1-5-19-12-9-7-6-8-11(12)13(16)15-10(2)14(17-3)18-4/h6-10,14H,5H2,1-4H3,(H,15,16). The number of hydrogen-bond acceptors (Lipinski definition) is 4. The first-order chi connectivity index (χ1) is 9.13. The van der Waals surface area contributed by atoms with Gasteiger partial charge in [-0.1, -0.05) is 12.1 Å². The number of para-hydroxylation sites is 1. The van der Waals surface area contributed by atoms with Crippen molar-refractivity contribution in [2.75, 3.05) is 20.8 Å². The number of ether oxygens (including phenoxy) is 3. The zero-order chi connectivity index (χ0) is 14.3. The van der Waals surface area contributed by atoms with Gasteiger partial charge >= 0.3 is 0 Å². The lowest BCUT2D eigenvalue weighted by Gasteiger charge is -2.22. The van der Waals surface area contributed by atoms with E-state index in [1.165, 1.54) is 14.2 Å². The van der Waals surface area contributed by atoms with Gasteiger partial charge in [0.1, 0.15) is 5.75 Å². The second kappa shape index (κ2) is 7.76. The van der Waals surface area contributed by atoms with Gasteiger partial charge in [0.25, 0.3) is 5.91 Å². The van der Waals surface area contributed by atoms with E-state index in [2.05, 4.69) is 5.32 Å². The van der Waals surface area contributed by atoms with Crippen LogP contribution in [0.2, 0.25) is 0 Å². The van der Waals surface area contributed by atoms with Crippen LogP contribution in [-0.4, -0.2) is 39.1 Å². The van der Waals surface area contributed by atoms with Crippen LogP contribution in [0.1, 0.15) is 24.2 Å². The Bertz CT molecular complexity index is 404. The van der Waals surface area contributed by atoms with E-state index in [-0.39, 0.29) is 11.9 Å². The summed E-state index contributed by atoms with van der Waals surface area (Å²) in [5.41, 5.74) is 0.502. The molecule has 0 aromatic heterocycles. The van der Waals surface area contributed by atoms with E-state index in [4.69, 9.17) is 14.2 Å². The molecule has 1 aromatic rings. The fourth-order valence-corrected chi connectivity index (χ4v) is 1.79. The zero-order valence-corrected chi connectivity index (χ0v) is 11.8. The van der Waals surface area contributed by atoms with Gasteiger partial charge in [0.2, 0.25) is 0 Å². The van der Waals surface area contributed by atoms with Crippen LogP contribution in [0, 0.1) is 0 Å². The van der Waals surface area contributed by atoms with Crippen molar-refractivity contribution in [3.63, 3.8) is 0 Å². The molecule has 0 saturated carbocycles. The Balaban J connectivity index is 2.77. The van der Waals surface area contributed by atoms with Crippen molar-refractivity contribution >= 4 is 5.91 Å². The molecule has 1 amide bonds. The van der Waals surface area contributed by atoms with E-state index in [0.29, 0.717) is 17.9 Å². The van der Waals surface area contributed by atoms with Crippen molar-refractivity contribution in [3.8, 4) is 5.75 Å². The highest BCUT2D eigenvalue weighted by atomic mass is 16.7. The van der Waals surface area contributed by atoms with Crippen LogP contribution in [0.25, 0.3) is 0 Å². The van der Waals surface area contributed by atoms with Gasteiger partial charge in [-0.25, -0.2) is 0 Å². The molecule has 19 heavy (non-hydrogen) atoms. The molecular formula is C14H21NO4. The Kier molecular flexibility index (Phi) is 6.32. The normalized spacial score (nSPS) is 12.3. The first-order valence-corrected chi connectivity index (χ1v) is 6.22. The maximum Gasteiger partial charge on any atom is 0.255 e. The summed E-state index contributed by atoms with van der Waals surface area (Å²) in [7, 11) is 3.07. The van der Waals surface area contributed by atoms with E-state index in [1.54, 1.807) is 18.2 Å². The number of amides is 1. The number of carbonyl (C=O) groups is 1. The molecule has 1 atom stereocenters. The molecule has 1 rings (SSSR count). The highest BCUT2D eigenvalue weighted by molar-refractivity contribution is 5.97. The summed E-state index contributed by atoms with van der Waals surface area (Å²) in [5.74, 6) is 0.358. The molecule has 5 heteroatoms. The largest absolute Gasteiger partial charge is 0.493 e. The van der Waals surface area contributed by atoms with Gasteiger partial charge in [0, 0.05) is 14.2 Å². The quantitative estimate of drug-likeness (QED) is 0.766. The van der Waals surface area contributed by atoms with Gasteiger partial charge in [0.05, 0.1) is 18.2 Å². The molecule has 0 aliphatic carbocycles. The van der Waals surface area contributed by atoms with E-state index < -0.39 is 6.29 Å². The Morgan fingerprint density at radius 2 is 1.89 bits per heavy atom. The topological polar surface area (TPSA) is 56.8 Å². The molecule has 0 radical (unpaired) electrons. The van der Waals surface area contributed by atoms with Crippen LogP contribution in [0.15, 0.2) is 24.3 Å². The predicted octanol–water partition coefficient (Wildman–Crippen LogP) is 1.82. The molecule has 1 N–H and O–H groups in total. The van der Waals surface area contributed by atoms with Crippen molar-refractivity contribution in [2.24, 2.45) is 0 Å². The highest BCUT2D eigenvalue weighted by Gasteiger charge is 2.20. The Labute approximate surface area is 113 Å². The van der Waals surface area contributed by atoms with Gasteiger partial charge < -0.3 is 19.5 Å². The van der Waals surface area contributed by atoms with Crippen LogP contribution < -0.4 is 10.1 Å². The van der Waals surface area contributed by atoms with Crippen molar-refractivity contribution in [1.82, 2.24) is 5.32 Å². The lowest BCUT2D eigenvalue weighted by atomic mass is 10.1. The first kappa shape index (κ1) is 15.5. The van der Waals surface area contributed by atoms with Crippen LogP contribution in [-0.2, 0) is 9.47 Å². The fraction of sp³-hybridized carbons (Fsp3) is 0.500. The molecule has 5 nitrogen and oxygen atoms in total. The fourth-order valence-electron chi connectivity index (χ4n) is 1.79. The van der Waals surface area contributed by atoms with Crippen LogP contribution in [0.4, 0.5) is 0 Å². The molecule has 1 aromatic carbocycles. The minimum absolute atomic E-state index is 0.212. The van der Waals surface area contributed by atoms with E-state index in [1.807, 2.05) is 19.9 Å².